The number of imidazole rings is 1. The lowest BCUT2D eigenvalue weighted by molar-refractivity contribution is -0.117. The fourth-order valence-corrected chi connectivity index (χ4v) is 6.69. The van der Waals surface area contributed by atoms with E-state index in [1.165, 1.54) is 0 Å². The van der Waals surface area contributed by atoms with Gasteiger partial charge in [-0.3, -0.25) is 4.79 Å². The first-order chi connectivity index (χ1) is 20.6. The summed E-state index contributed by atoms with van der Waals surface area (Å²) in [5.41, 5.74) is 5.15. The molecule has 1 aliphatic heterocycles. The smallest absolute Gasteiger partial charge is 0.335 e. The van der Waals surface area contributed by atoms with Crippen molar-refractivity contribution in [1.29, 1.82) is 0 Å². The van der Waals surface area contributed by atoms with Crippen LogP contribution in [0, 0.1) is 0 Å². The standard InChI is InChI=1S/C31H22Cl2N4O5S/c32-23-10-13-25(26(33)15-23)27-16-34-30(35-27)29(20-8-11-24(12-9-20)37-17-28(38)36-43(37,41)42)19-6-4-18(5-7-19)21-2-1-3-22(14-21)31(39)40/h1-16,29H,17H2,(H,34,35)(H,36,38)(H,39,40). The fourth-order valence-electron chi connectivity index (χ4n) is 5.04. The second kappa shape index (κ2) is 11.2. The highest BCUT2D eigenvalue weighted by Crippen LogP contribution is 2.36. The summed E-state index contributed by atoms with van der Waals surface area (Å²) >= 11 is 12.5. The number of rotatable bonds is 7. The molecule has 1 atom stereocenters. The highest BCUT2D eigenvalue weighted by atomic mass is 35.5. The quantitative estimate of drug-likeness (QED) is 0.198. The summed E-state index contributed by atoms with van der Waals surface area (Å²) < 4.78 is 27.7. The van der Waals surface area contributed by atoms with Crippen LogP contribution in [0.5, 0.6) is 0 Å². The van der Waals surface area contributed by atoms with Crippen molar-refractivity contribution in [1.82, 2.24) is 14.7 Å². The van der Waals surface area contributed by atoms with E-state index >= 15 is 0 Å². The number of hydrogen-bond acceptors (Lipinski definition) is 5. The van der Waals surface area contributed by atoms with E-state index in [0.717, 1.165) is 26.6 Å². The number of carbonyl (C=O) groups is 2. The van der Waals surface area contributed by atoms with Gasteiger partial charge in [0, 0.05) is 16.8 Å². The largest absolute Gasteiger partial charge is 0.478 e. The lowest BCUT2D eigenvalue weighted by atomic mass is 9.89. The van der Waals surface area contributed by atoms with Gasteiger partial charge in [-0.25, -0.2) is 18.8 Å². The third-order valence-electron chi connectivity index (χ3n) is 7.10. The van der Waals surface area contributed by atoms with Crippen molar-refractivity contribution in [2.45, 2.75) is 5.92 Å². The van der Waals surface area contributed by atoms with Crippen LogP contribution >= 0.6 is 23.2 Å². The van der Waals surface area contributed by atoms with Crippen molar-refractivity contribution in [3.63, 3.8) is 0 Å². The zero-order chi connectivity index (χ0) is 30.3. The minimum absolute atomic E-state index is 0.195. The number of carboxylic acids is 1. The maximum absolute atomic E-state index is 12.4. The van der Waals surface area contributed by atoms with Gasteiger partial charge in [0.15, 0.2) is 0 Å². The second-order valence-electron chi connectivity index (χ2n) is 9.86. The molecule has 0 aliphatic carbocycles. The molecule has 2 heterocycles. The Morgan fingerprint density at radius 3 is 2.23 bits per heavy atom. The third kappa shape index (κ3) is 5.72. The summed E-state index contributed by atoms with van der Waals surface area (Å²) in [6.07, 6.45) is 1.76. The predicted molar refractivity (Wildman–Crippen MR) is 165 cm³/mol. The van der Waals surface area contributed by atoms with Crippen molar-refractivity contribution in [2.75, 3.05) is 10.8 Å². The lowest BCUT2D eigenvalue weighted by Gasteiger charge is -2.19. The van der Waals surface area contributed by atoms with Crippen molar-refractivity contribution >= 4 is 51.0 Å². The molecule has 1 fully saturated rings. The number of nitrogens with zero attached hydrogens (tertiary/aromatic N) is 2. The number of nitrogens with one attached hydrogen (secondary N) is 2. The number of carbonyl (C=O) groups excluding carboxylic acids is 1. The summed E-state index contributed by atoms with van der Waals surface area (Å²) in [5, 5.41) is 10.3. The van der Waals surface area contributed by atoms with Crippen molar-refractivity contribution in [3.8, 4) is 22.4 Å². The fraction of sp³-hybridized carbons (Fsp3) is 0.0645. The molecule has 5 aromatic rings. The number of hydrogen-bond donors (Lipinski definition) is 3. The van der Waals surface area contributed by atoms with E-state index in [-0.39, 0.29) is 12.1 Å². The molecular weight excluding hydrogens is 611 g/mol. The highest BCUT2D eigenvalue weighted by molar-refractivity contribution is 7.92. The number of amides is 1. The molecule has 4 aromatic carbocycles. The van der Waals surface area contributed by atoms with E-state index in [9.17, 15) is 23.1 Å². The monoisotopic (exact) mass is 632 g/mol. The average molecular weight is 634 g/mol. The van der Waals surface area contributed by atoms with Crippen LogP contribution in [-0.4, -0.2) is 41.9 Å². The maximum Gasteiger partial charge on any atom is 0.335 e. The summed E-state index contributed by atoms with van der Waals surface area (Å²) in [5.74, 6) is -1.39. The van der Waals surface area contributed by atoms with Gasteiger partial charge in [-0.05, 0) is 64.7 Å². The Balaban J connectivity index is 1.40. The first-order valence-electron chi connectivity index (χ1n) is 13.0. The maximum atomic E-state index is 12.4. The van der Waals surface area contributed by atoms with Crippen LogP contribution in [0.4, 0.5) is 5.69 Å². The van der Waals surface area contributed by atoms with Crippen LogP contribution in [0.2, 0.25) is 10.0 Å². The molecule has 216 valence electrons. The molecule has 1 aromatic heterocycles. The van der Waals surface area contributed by atoms with Crippen LogP contribution < -0.4 is 9.03 Å². The Morgan fingerprint density at radius 2 is 1.60 bits per heavy atom. The zero-order valence-electron chi connectivity index (χ0n) is 22.2. The molecule has 3 N–H and O–H groups in total. The van der Waals surface area contributed by atoms with Gasteiger partial charge in [-0.15, -0.1) is 0 Å². The Hall–Kier alpha value is -4.64. The molecule has 1 unspecified atom stereocenters. The van der Waals surface area contributed by atoms with E-state index < -0.39 is 28.0 Å². The van der Waals surface area contributed by atoms with Crippen LogP contribution in [0.3, 0.4) is 0 Å². The summed E-state index contributed by atoms with van der Waals surface area (Å²) in [6, 6.07) is 26.4. The van der Waals surface area contributed by atoms with E-state index in [1.807, 2.05) is 35.1 Å². The van der Waals surface area contributed by atoms with Crippen LogP contribution in [-0.2, 0) is 15.0 Å². The number of halogens is 2. The Morgan fingerprint density at radius 1 is 0.907 bits per heavy atom. The van der Waals surface area contributed by atoms with Gasteiger partial charge < -0.3 is 10.1 Å². The molecule has 12 heteroatoms. The number of anilines is 1. The van der Waals surface area contributed by atoms with Crippen molar-refractivity contribution in [2.24, 2.45) is 0 Å². The highest BCUT2D eigenvalue weighted by Gasteiger charge is 2.34. The van der Waals surface area contributed by atoms with Gasteiger partial charge in [0.25, 0.3) is 5.91 Å². The van der Waals surface area contributed by atoms with Gasteiger partial charge in [-0.1, -0.05) is 71.7 Å². The molecule has 0 spiro atoms. The number of aromatic nitrogens is 2. The van der Waals surface area contributed by atoms with E-state index in [4.69, 9.17) is 28.2 Å². The van der Waals surface area contributed by atoms with E-state index in [1.54, 1.807) is 66.9 Å². The normalized spacial score (nSPS) is 14.8. The molecule has 0 bridgehead atoms. The second-order valence-corrected chi connectivity index (χ2v) is 12.3. The molecule has 1 saturated heterocycles. The molecule has 9 nitrogen and oxygen atoms in total. The molecule has 0 radical (unpaired) electrons. The molecule has 6 rings (SSSR count). The van der Waals surface area contributed by atoms with Gasteiger partial charge >= 0.3 is 16.2 Å². The zero-order valence-corrected chi connectivity index (χ0v) is 24.5. The van der Waals surface area contributed by atoms with Crippen molar-refractivity contribution in [3.05, 3.63) is 130 Å². The minimum atomic E-state index is -3.94. The van der Waals surface area contributed by atoms with Gasteiger partial charge in [0.1, 0.15) is 12.4 Å². The van der Waals surface area contributed by atoms with Gasteiger partial charge in [-0.2, -0.15) is 8.42 Å². The first kappa shape index (κ1) is 28.5. The van der Waals surface area contributed by atoms with E-state index in [0.29, 0.717) is 32.8 Å². The first-order valence-corrected chi connectivity index (χ1v) is 15.2. The number of aromatic amines is 1. The van der Waals surface area contributed by atoms with Crippen LogP contribution in [0.1, 0.15) is 33.2 Å². The van der Waals surface area contributed by atoms with Gasteiger partial charge in [0.2, 0.25) is 0 Å². The summed E-state index contributed by atoms with van der Waals surface area (Å²) in [6.45, 7) is -0.293. The lowest BCUT2D eigenvalue weighted by Crippen LogP contribution is -2.29. The number of aromatic carboxylic acids is 1. The summed E-state index contributed by atoms with van der Waals surface area (Å²) in [7, 11) is -3.94. The predicted octanol–water partition coefficient (Wildman–Crippen LogP) is 6.11. The summed E-state index contributed by atoms with van der Waals surface area (Å²) in [4.78, 5) is 31.3. The SMILES string of the molecule is O=C1CN(c2ccc(C(c3ccc(-c4cccc(C(=O)O)c4)cc3)c3nc(-c4ccc(Cl)cc4Cl)c[nH]3)cc2)S(=O)(=O)N1. The average Bonchev–Trinajstić information content (AvgIpc) is 3.57. The molecule has 0 saturated carbocycles. The number of benzene rings is 4. The van der Waals surface area contributed by atoms with Crippen LogP contribution in [0.15, 0.2) is 97.2 Å². The Kier molecular flexibility index (Phi) is 7.43. The topological polar surface area (TPSA) is 132 Å². The molecule has 43 heavy (non-hydrogen) atoms. The Bertz CT molecular complexity index is 1980. The van der Waals surface area contributed by atoms with Gasteiger partial charge in [0.05, 0.1) is 27.9 Å². The molecule has 1 amide bonds. The number of H-pyrrole nitrogens is 1. The third-order valence-corrected chi connectivity index (χ3v) is 9.05. The Labute approximate surface area is 256 Å². The van der Waals surface area contributed by atoms with Crippen LogP contribution in [0.25, 0.3) is 22.4 Å². The van der Waals surface area contributed by atoms with E-state index in [2.05, 4.69) is 4.98 Å². The number of carboxylic acid groups (broad SMARTS) is 1. The van der Waals surface area contributed by atoms with Crippen molar-refractivity contribution < 1.29 is 23.1 Å². The molecular formula is C31H22Cl2N4O5S. The minimum Gasteiger partial charge on any atom is -0.478 e. The molecule has 1 aliphatic rings.